The molecule has 0 radical (unpaired) electrons. The highest BCUT2D eigenvalue weighted by Crippen LogP contribution is 2.28. The molecule has 0 aliphatic rings. The second-order valence-corrected chi connectivity index (χ2v) is 5.04. The first kappa shape index (κ1) is 13.6. The van der Waals surface area contributed by atoms with Crippen LogP contribution in [-0.4, -0.2) is 7.11 Å². The molecular weight excluding hydrogens is 234 g/mol. The minimum Gasteiger partial charge on any atom is -0.496 e. The van der Waals surface area contributed by atoms with Gasteiger partial charge in [0.2, 0.25) is 0 Å². The fourth-order valence-electron chi connectivity index (χ4n) is 2.19. The zero-order chi connectivity index (χ0) is 13.8. The van der Waals surface area contributed by atoms with Crippen LogP contribution in [0.4, 0.5) is 0 Å². The van der Waals surface area contributed by atoms with Crippen LogP contribution in [-0.2, 0) is 0 Å². The molecule has 0 saturated carbocycles. The van der Waals surface area contributed by atoms with E-state index < -0.39 is 0 Å². The monoisotopic (exact) mass is 255 g/mol. The van der Waals surface area contributed by atoms with Crippen LogP contribution in [0.1, 0.15) is 42.5 Å². The van der Waals surface area contributed by atoms with E-state index in [-0.39, 0.29) is 6.04 Å². The fourth-order valence-corrected chi connectivity index (χ4v) is 2.19. The Labute approximate surface area is 115 Å². The highest BCUT2D eigenvalue weighted by molar-refractivity contribution is 5.41. The Morgan fingerprint density at radius 2 is 1.47 bits per heavy atom. The molecule has 2 rings (SSSR count). The largest absolute Gasteiger partial charge is 0.496 e. The summed E-state index contributed by atoms with van der Waals surface area (Å²) in [4.78, 5) is 0. The standard InChI is InChI=1S/C17H21NO/c1-12(2)13-8-10-14(11-9-13)17(18)15-6-4-5-7-16(15)19-3/h4-12,17H,18H2,1-3H3. The van der Waals surface area contributed by atoms with Crippen molar-refractivity contribution >= 4 is 0 Å². The molecule has 2 heteroatoms. The number of hydrogen-bond acceptors (Lipinski definition) is 2. The Kier molecular flexibility index (Phi) is 4.23. The summed E-state index contributed by atoms with van der Waals surface area (Å²) in [5.74, 6) is 1.37. The van der Waals surface area contributed by atoms with Crippen LogP contribution in [0.25, 0.3) is 0 Å². The summed E-state index contributed by atoms with van der Waals surface area (Å²) in [5, 5.41) is 0. The van der Waals surface area contributed by atoms with Crippen molar-refractivity contribution in [1.82, 2.24) is 0 Å². The molecule has 0 bridgehead atoms. The van der Waals surface area contributed by atoms with Crippen molar-refractivity contribution in [2.45, 2.75) is 25.8 Å². The molecule has 2 aromatic carbocycles. The Morgan fingerprint density at radius 1 is 0.895 bits per heavy atom. The first-order valence-corrected chi connectivity index (χ1v) is 6.62. The second kappa shape index (κ2) is 5.89. The van der Waals surface area contributed by atoms with Gasteiger partial charge in [0.1, 0.15) is 5.75 Å². The van der Waals surface area contributed by atoms with Gasteiger partial charge < -0.3 is 10.5 Å². The maximum Gasteiger partial charge on any atom is 0.123 e. The number of rotatable bonds is 4. The molecule has 2 N–H and O–H groups in total. The third-order valence-electron chi connectivity index (χ3n) is 3.44. The molecule has 1 atom stereocenters. The van der Waals surface area contributed by atoms with Gasteiger partial charge in [0.15, 0.2) is 0 Å². The van der Waals surface area contributed by atoms with Gasteiger partial charge in [-0.05, 0) is 23.1 Å². The van der Waals surface area contributed by atoms with E-state index in [9.17, 15) is 0 Å². The lowest BCUT2D eigenvalue weighted by molar-refractivity contribution is 0.408. The molecule has 2 nitrogen and oxygen atoms in total. The molecule has 1 unspecified atom stereocenters. The van der Waals surface area contributed by atoms with Crippen LogP contribution in [0.2, 0.25) is 0 Å². The van der Waals surface area contributed by atoms with Crippen molar-refractivity contribution < 1.29 is 4.74 Å². The van der Waals surface area contributed by atoms with Crippen molar-refractivity contribution in [3.8, 4) is 5.75 Å². The van der Waals surface area contributed by atoms with Crippen molar-refractivity contribution in [2.24, 2.45) is 5.73 Å². The summed E-state index contributed by atoms with van der Waals surface area (Å²) < 4.78 is 5.37. The van der Waals surface area contributed by atoms with E-state index in [1.807, 2.05) is 24.3 Å². The number of para-hydroxylation sites is 1. The predicted molar refractivity (Wildman–Crippen MR) is 79.6 cm³/mol. The summed E-state index contributed by atoms with van der Waals surface area (Å²) in [5.41, 5.74) is 9.79. The summed E-state index contributed by atoms with van der Waals surface area (Å²) in [7, 11) is 1.67. The van der Waals surface area contributed by atoms with E-state index in [1.165, 1.54) is 5.56 Å². The molecule has 0 aromatic heterocycles. The summed E-state index contributed by atoms with van der Waals surface area (Å²) in [6.45, 7) is 4.38. The lowest BCUT2D eigenvalue weighted by atomic mass is 9.95. The van der Waals surface area contributed by atoms with Crippen LogP contribution in [0.15, 0.2) is 48.5 Å². The second-order valence-electron chi connectivity index (χ2n) is 5.04. The topological polar surface area (TPSA) is 35.2 Å². The Bertz CT molecular complexity index is 531. The summed E-state index contributed by atoms with van der Waals surface area (Å²) >= 11 is 0. The van der Waals surface area contributed by atoms with Gasteiger partial charge in [-0.25, -0.2) is 0 Å². The minimum absolute atomic E-state index is 0.155. The number of nitrogens with two attached hydrogens (primary N) is 1. The molecule has 19 heavy (non-hydrogen) atoms. The van der Waals surface area contributed by atoms with Crippen molar-refractivity contribution in [1.29, 1.82) is 0 Å². The van der Waals surface area contributed by atoms with Crippen molar-refractivity contribution in [2.75, 3.05) is 7.11 Å². The number of methoxy groups -OCH3 is 1. The van der Waals surface area contributed by atoms with Crippen LogP contribution >= 0.6 is 0 Å². The van der Waals surface area contributed by atoms with Gasteiger partial charge in [0, 0.05) is 5.56 Å². The van der Waals surface area contributed by atoms with Crippen LogP contribution in [0.3, 0.4) is 0 Å². The Morgan fingerprint density at radius 3 is 2.05 bits per heavy atom. The maximum atomic E-state index is 6.34. The molecule has 0 amide bonds. The smallest absolute Gasteiger partial charge is 0.123 e. The van der Waals surface area contributed by atoms with Crippen LogP contribution < -0.4 is 10.5 Å². The van der Waals surface area contributed by atoms with Gasteiger partial charge in [0.25, 0.3) is 0 Å². The normalized spacial score (nSPS) is 12.5. The third-order valence-corrected chi connectivity index (χ3v) is 3.44. The molecule has 0 heterocycles. The van der Waals surface area contributed by atoms with E-state index >= 15 is 0 Å². The summed E-state index contributed by atoms with van der Waals surface area (Å²) in [6, 6.07) is 16.2. The SMILES string of the molecule is COc1ccccc1C(N)c1ccc(C(C)C)cc1. The van der Waals surface area contributed by atoms with E-state index in [0.717, 1.165) is 16.9 Å². The lowest BCUT2D eigenvalue weighted by Crippen LogP contribution is -2.13. The third kappa shape index (κ3) is 2.96. The van der Waals surface area contributed by atoms with E-state index in [2.05, 4.69) is 38.1 Å². The van der Waals surface area contributed by atoms with Crippen molar-refractivity contribution in [3.63, 3.8) is 0 Å². The Hall–Kier alpha value is -1.80. The van der Waals surface area contributed by atoms with Crippen molar-refractivity contribution in [3.05, 3.63) is 65.2 Å². The zero-order valence-corrected chi connectivity index (χ0v) is 11.8. The van der Waals surface area contributed by atoms with E-state index in [4.69, 9.17) is 10.5 Å². The van der Waals surface area contributed by atoms with Crippen LogP contribution in [0.5, 0.6) is 5.75 Å². The van der Waals surface area contributed by atoms with E-state index in [1.54, 1.807) is 7.11 Å². The first-order chi connectivity index (χ1) is 9.13. The van der Waals surface area contributed by atoms with Gasteiger partial charge in [-0.3, -0.25) is 0 Å². The lowest BCUT2D eigenvalue weighted by Gasteiger charge is -2.16. The average Bonchev–Trinajstić information content (AvgIpc) is 2.46. The minimum atomic E-state index is -0.155. The molecule has 0 fully saturated rings. The van der Waals surface area contributed by atoms with Gasteiger partial charge in [-0.15, -0.1) is 0 Å². The van der Waals surface area contributed by atoms with E-state index in [0.29, 0.717) is 5.92 Å². The predicted octanol–water partition coefficient (Wildman–Crippen LogP) is 3.87. The van der Waals surface area contributed by atoms with Gasteiger partial charge in [-0.2, -0.15) is 0 Å². The molecular formula is C17H21NO. The molecule has 0 aliphatic carbocycles. The molecule has 0 spiro atoms. The molecule has 0 saturated heterocycles. The molecule has 2 aromatic rings. The first-order valence-electron chi connectivity index (χ1n) is 6.62. The van der Waals surface area contributed by atoms with Gasteiger partial charge >= 0.3 is 0 Å². The number of ether oxygens (including phenoxy) is 1. The molecule has 100 valence electrons. The summed E-state index contributed by atoms with van der Waals surface area (Å²) in [6.07, 6.45) is 0. The molecule has 0 aliphatic heterocycles. The highest BCUT2D eigenvalue weighted by atomic mass is 16.5. The number of benzene rings is 2. The highest BCUT2D eigenvalue weighted by Gasteiger charge is 2.13. The zero-order valence-electron chi connectivity index (χ0n) is 11.8. The fraction of sp³-hybridized carbons (Fsp3) is 0.294. The Balaban J connectivity index is 2.30. The number of hydrogen-bond donors (Lipinski definition) is 1. The maximum absolute atomic E-state index is 6.34. The van der Waals surface area contributed by atoms with Crippen LogP contribution in [0, 0.1) is 0 Å². The van der Waals surface area contributed by atoms with Gasteiger partial charge in [0.05, 0.1) is 13.2 Å². The van der Waals surface area contributed by atoms with Gasteiger partial charge in [-0.1, -0.05) is 56.3 Å². The quantitative estimate of drug-likeness (QED) is 0.900. The average molecular weight is 255 g/mol.